The second-order valence-electron chi connectivity index (χ2n) is 6.38. The van der Waals surface area contributed by atoms with Crippen LogP contribution in [0.2, 0.25) is 18.1 Å². The summed E-state index contributed by atoms with van der Waals surface area (Å²) in [6.45, 7) is 12.0. The van der Waals surface area contributed by atoms with Crippen molar-refractivity contribution in [2.45, 2.75) is 45.5 Å². The molecule has 0 N–H and O–H groups in total. The molecule has 0 aliphatic rings. The van der Waals surface area contributed by atoms with E-state index in [0.29, 0.717) is 6.61 Å². The highest BCUT2D eigenvalue weighted by atomic mass is 28.4. The van der Waals surface area contributed by atoms with Gasteiger partial charge in [0.1, 0.15) is 0 Å². The number of benzene rings is 1. The van der Waals surface area contributed by atoms with Crippen LogP contribution in [0.5, 0.6) is 0 Å². The predicted octanol–water partition coefficient (Wildman–Crippen LogP) is 4.95. The summed E-state index contributed by atoms with van der Waals surface area (Å²) in [6, 6.07) is 6.35. The monoisotopic (exact) mass is 262 g/mol. The van der Waals surface area contributed by atoms with Crippen molar-refractivity contribution in [3.8, 4) is 0 Å². The van der Waals surface area contributed by atoms with Gasteiger partial charge in [0.25, 0.3) is 0 Å². The summed E-state index contributed by atoms with van der Waals surface area (Å²) in [5.74, 6) is 0. The van der Waals surface area contributed by atoms with E-state index < -0.39 is 8.32 Å². The quantitative estimate of drug-likeness (QED) is 0.730. The fourth-order valence-electron chi connectivity index (χ4n) is 1.58. The molecule has 98 valence electrons. The van der Waals surface area contributed by atoms with Crippen molar-refractivity contribution in [1.29, 1.82) is 0 Å². The molecule has 1 aromatic carbocycles. The fourth-order valence-corrected chi connectivity index (χ4v) is 2.54. The lowest BCUT2D eigenvalue weighted by Crippen LogP contribution is -2.40. The topological polar surface area (TPSA) is 22.4 Å². The molecule has 18 heavy (non-hydrogen) atoms. The van der Waals surface area contributed by atoms with Crippen molar-refractivity contribution in [1.82, 2.24) is 0 Å². The molecule has 0 aliphatic heterocycles. The van der Waals surface area contributed by atoms with Crippen LogP contribution in [0.1, 0.15) is 26.3 Å². The first-order valence-electron chi connectivity index (χ1n) is 6.38. The second-order valence-corrected chi connectivity index (χ2v) is 11.2. The Kier molecular flexibility index (Phi) is 3.38. The average molecular weight is 262 g/mol. The molecule has 0 saturated heterocycles. The van der Waals surface area contributed by atoms with Crippen LogP contribution in [0.25, 0.3) is 10.8 Å². The molecule has 0 aliphatic carbocycles. The lowest BCUT2D eigenvalue weighted by Gasteiger charge is -2.36. The van der Waals surface area contributed by atoms with Crippen LogP contribution in [-0.4, -0.2) is 8.32 Å². The summed E-state index contributed by atoms with van der Waals surface area (Å²) in [5, 5.41) is 2.55. The Morgan fingerprint density at radius 1 is 1.11 bits per heavy atom. The number of rotatable bonds is 3. The largest absolute Gasteiger partial charge is 0.471 e. The molecular weight excluding hydrogens is 240 g/mol. The summed E-state index contributed by atoms with van der Waals surface area (Å²) >= 11 is 0. The molecule has 0 amide bonds. The maximum Gasteiger partial charge on any atom is 0.192 e. The minimum Gasteiger partial charge on any atom is -0.471 e. The van der Waals surface area contributed by atoms with E-state index in [0.717, 1.165) is 10.8 Å². The normalized spacial score (nSPS) is 13.2. The standard InChI is InChI=1S/C15H22O2Si/c1-15(2,3)18(4,5)17-9-12-6-7-13-10-16-11-14(13)8-12/h6-8,10-11H,9H2,1-5H3. The average Bonchev–Trinajstić information content (AvgIpc) is 2.71. The van der Waals surface area contributed by atoms with Gasteiger partial charge in [0, 0.05) is 10.8 Å². The van der Waals surface area contributed by atoms with Crippen LogP contribution in [0.15, 0.2) is 35.1 Å². The van der Waals surface area contributed by atoms with Gasteiger partial charge in [0.05, 0.1) is 19.1 Å². The number of furan rings is 1. The smallest absolute Gasteiger partial charge is 0.192 e. The molecule has 1 heterocycles. The van der Waals surface area contributed by atoms with E-state index in [4.69, 9.17) is 8.84 Å². The summed E-state index contributed by atoms with van der Waals surface area (Å²) in [7, 11) is -1.66. The summed E-state index contributed by atoms with van der Waals surface area (Å²) in [6.07, 6.45) is 3.55. The van der Waals surface area contributed by atoms with Crippen molar-refractivity contribution in [3.05, 3.63) is 36.3 Å². The van der Waals surface area contributed by atoms with Crippen LogP contribution >= 0.6 is 0 Å². The molecule has 0 fully saturated rings. The zero-order valence-corrected chi connectivity index (χ0v) is 12.9. The molecule has 0 bridgehead atoms. The molecule has 2 aromatic rings. The van der Waals surface area contributed by atoms with Crippen LogP contribution in [0.3, 0.4) is 0 Å². The molecule has 2 nitrogen and oxygen atoms in total. The van der Waals surface area contributed by atoms with Crippen LogP contribution < -0.4 is 0 Å². The predicted molar refractivity (Wildman–Crippen MR) is 78.2 cm³/mol. The van der Waals surface area contributed by atoms with Gasteiger partial charge in [0.2, 0.25) is 0 Å². The van der Waals surface area contributed by atoms with Gasteiger partial charge in [-0.25, -0.2) is 0 Å². The van der Waals surface area contributed by atoms with Crippen LogP contribution in [-0.2, 0) is 11.0 Å². The first kappa shape index (κ1) is 13.4. The third-order valence-corrected chi connectivity index (χ3v) is 8.43. The summed E-state index contributed by atoms with van der Waals surface area (Å²) < 4.78 is 11.4. The van der Waals surface area contributed by atoms with Gasteiger partial charge in [0.15, 0.2) is 8.32 Å². The third kappa shape index (κ3) is 2.67. The highest BCUT2D eigenvalue weighted by Crippen LogP contribution is 2.37. The van der Waals surface area contributed by atoms with Crippen molar-refractivity contribution in [2.75, 3.05) is 0 Å². The second kappa shape index (κ2) is 4.56. The first-order chi connectivity index (χ1) is 8.29. The van der Waals surface area contributed by atoms with Crippen molar-refractivity contribution >= 4 is 19.1 Å². The third-order valence-electron chi connectivity index (χ3n) is 3.95. The van der Waals surface area contributed by atoms with Gasteiger partial charge < -0.3 is 8.84 Å². The van der Waals surface area contributed by atoms with Gasteiger partial charge in [-0.05, 0) is 29.8 Å². The Bertz CT molecular complexity index is 535. The molecule has 1 aromatic heterocycles. The fraction of sp³-hybridized carbons (Fsp3) is 0.467. The van der Waals surface area contributed by atoms with Gasteiger partial charge >= 0.3 is 0 Å². The molecule has 3 heteroatoms. The van der Waals surface area contributed by atoms with Gasteiger partial charge in [-0.3, -0.25) is 0 Å². The number of hydrogen-bond acceptors (Lipinski definition) is 2. The maximum absolute atomic E-state index is 6.21. The number of fused-ring (bicyclic) bond motifs is 1. The minimum absolute atomic E-state index is 0.257. The molecule has 2 rings (SSSR count). The van der Waals surface area contributed by atoms with E-state index in [9.17, 15) is 0 Å². The van der Waals surface area contributed by atoms with E-state index in [-0.39, 0.29) is 5.04 Å². The molecular formula is C15H22O2Si. The van der Waals surface area contributed by atoms with Gasteiger partial charge in [-0.15, -0.1) is 0 Å². The van der Waals surface area contributed by atoms with Crippen molar-refractivity contribution in [3.63, 3.8) is 0 Å². The first-order valence-corrected chi connectivity index (χ1v) is 9.29. The molecule has 0 unspecified atom stereocenters. The zero-order valence-electron chi connectivity index (χ0n) is 11.9. The summed E-state index contributed by atoms with van der Waals surface area (Å²) in [5.41, 5.74) is 1.22. The lowest BCUT2D eigenvalue weighted by molar-refractivity contribution is 0.276. The molecule has 0 radical (unpaired) electrons. The van der Waals surface area contributed by atoms with E-state index in [1.807, 2.05) is 0 Å². The molecule has 0 spiro atoms. The van der Waals surface area contributed by atoms with Crippen LogP contribution in [0, 0.1) is 0 Å². The van der Waals surface area contributed by atoms with E-state index in [1.165, 1.54) is 5.56 Å². The van der Waals surface area contributed by atoms with Gasteiger partial charge in [-0.2, -0.15) is 0 Å². The SMILES string of the molecule is CC(C)(C)[Si](C)(C)OCc1ccc2cocc2c1. The zero-order chi connectivity index (χ0) is 13.4. The van der Waals surface area contributed by atoms with E-state index >= 15 is 0 Å². The Hall–Kier alpha value is -1.06. The molecule has 0 atom stereocenters. The Balaban J connectivity index is 2.10. The van der Waals surface area contributed by atoms with Crippen LogP contribution in [0.4, 0.5) is 0 Å². The number of hydrogen-bond donors (Lipinski definition) is 0. The Morgan fingerprint density at radius 3 is 2.44 bits per heavy atom. The van der Waals surface area contributed by atoms with E-state index in [2.05, 4.69) is 52.1 Å². The van der Waals surface area contributed by atoms with Gasteiger partial charge in [-0.1, -0.05) is 32.9 Å². The minimum atomic E-state index is -1.66. The van der Waals surface area contributed by atoms with Crippen molar-refractivity contribution < 1.29 is 8.84 Å². The lowest BCUT2D eigenvalue weighted by atomic mass is 10.1. The van der Waals surface area contributed by atoms with E-state index in [1.54, 1.807) is 12.5 Å². The summed E-state index contributed by atoms with van der Waals surface area (Å²) in [4.78, 5) is 0. The highest BCUT2D eigenvalue weighted by molar-refractivity contribution is 6.74. The Labute approximate surface area is 110 Å². The Morgan fingerprint density at radius 2 is 1.78 bits per heavy atom. The molecule has 0 saturated carbocycles. The maximum atomic E-state index is 6.21. The highest BCUT2D eigenvalue weighted by Gasteiger charge is 2.36. The van der Waals surface area contributed by atoms with Crippen molar-refractivity contribution in [2.24, 2.45) is 0 Å².